The zero-order valence-electron chi connectivity index (χ0n) is 10.5. The molecule has 0 saturated heterocycles. The van der Waals surface area contributed by atoms with E-state index in [1.54, 1.807) is 0 Å². The van der Waals surface area contributed by atoms with Crippen LogP contribution in [0.15, 0.2) is 48.5 Å². The topological polar surface area (TPSA) is 42.7 Å². The lowest BCUT2D eigenvalue weighted by Crippen LogP contribution is -2.23. The Kier molecular flexibility index (Phi) is 2.27. The molecule has 2 aromatic carbocycles. The third kappa shape index (κ3) is 1.76. The van der Waals surface area contributed by atoms with Gasteiger partial charge in [-0.05, 0) is 30.2 Å². The van der Waals surface area contributed by atoms with Crippen LogP contribution in [0.1, 0.15) is 5.56 Å². The summed E-state index contributed by atoms with van der Waals surface area (Å²) in [5.41, 5.74) is 4.69. The molecule has 4 nitrogen and oxygen atoms in total. The second-order valence-corrected chi connectivity index (χ2v) is 4.96. The molecule has 19 heavy (non-hydrogen) atoms. The predicted molar refractivity (Wildman–Crippen MR) is 75.1 cm³/mol. The standard InChI is InChI=1S/C15H14N4/c1-2-6-13-11(5-1)9-12(16-13)10-19-15-8-4-3-7-14(15)17-18-19/h1-8,12,16H,9-10H2. The van der Waals surface area contributed by atoms with Gasteiger partial charge in [-0.3, -0.25) is 0 Å². The number of nitrogens with zero attached hydrogens (tertiary/aromatic N) is 3. The third-order valence-corrected chi connectivity index (χ3v) is 3.66. The van der Waals surface area contributed by atoms with Gasteiger partial charge in [0.1, 0.15) is 5.52 Å². The van der Waals surface area contributed by atoms with Gasteiger partial charge in [-0.25, -0.2) is 4.68 Å². The summed E-state index contributed by atoms with van der Waals surface area (Å²) in [6.45, 7) is 0.842. The van der Waals surface area contributed by atoms with E-state index in [0.717, 1.165) is 24.0 Å². The summed E-state index contributed by atoms with van der Waals surface area (Å²) in [4.78, 5) is 0. The first-order chi connectivity index (χ1) is 9.40. The highest BCUT2D eigenvalue weighted by Crippen LogP contribution is 2.26. The van der Waals surface area contributed by atoms with E-state index in [4.69, 9.17) is 0 Å². The lowest BCUT2D eigenvalue weighted by Gasteiger charge is -2.11. The van der Waals surface area contributed by atoms with Crippen LogP contribution in [0.5, 0.6) is 0 Å². The lowest BCUT2D eigenvalue weighted by atomic mass is 10.1. The van der Waals surface area contributed by atoms with Crippen molar-refractivity contribution < 1.29 is 0 Å². The predicted octanol–water partition coefficient (Wildman–Crippen LogP) is 2.47. The van der Waals surface area contributed by atoms with Gasteiger partial charge in [0, 0.05) is 11.7 Å². The van der Waals surface area contributed by atoms with Crippen molar-refractivity contribution in [3.63, 3.8) is 0 Å². The van der Waals surface area contributed by atoms with Crippen LogP contribution >= 0.6 is 0 Å². The van der Waals surface area contributed by atoms with Crippen molar-refractivity contribution in [2.24, 2.45) is 0 Å². The van der Waals surface area contributed by atoms with Gasteiger partial charge in [0.2, 0.25) is 0 Å². The summed E-state index contributed by atoms with van der Waals surface area (Å²) in [5, 5.41) is 12.0. The Bertz CT molecular complexity index is 707. The second kappa shape index (κ2) is 4.09. The number of aromatic nitrogens is 3. The van der Waals surface area contributed by atoms with Crippen LogP contribution in [0, 0.1) is 0 Å². The zero-order valence-corrected chi connectivity index (χ0v) is 10.5. The van der Waals surface area contributed by atoms with E-state index in [2.05, 4.69) is 46.0 Å². The van der Waals surface area contributed by atoms with Gasteiger partial charge in [-0.2, -0.15) is 0 Å². The molecule has 4 heteroatoms. The minimum Gasteiger partial charge on any atom is -0.380 e. The van der Waals surface area contributed by atoms with E-state index in [1.807, 2.05) is 22.9 Å². The van der Waals surface area contributed by atoms with E-state index in [0.29, 0.717) is 6.04 Å². The molecule has 1 aliphatic heterocycles. The largest absolute Gasteiger partial charge is 0.380 e. The van der Waals surface area contributed by atoms with Gasteiger partial charge in [-0.15, -0.1) is 5.10 Å². The summed E-state index contributed by atoms with van der Waals surface area (Å²) in [5.74, 6) is 0. The Balaban J connectivity index is 1.60. The smallest absolute Gasteiger partial charge is 0.113 e. The first kappa shape index (κ1) is 10.6. The molecule has 0 saturated carbocycles. The van der Waals surface area contributed by atoms with Gasteiger partial charge in [0.15, 0.2) is 0 Å². The van der Waals surface area contributed by atoms with Crippen LogP contribution in [-0.4, -0.2) is 21.0 Å². The minimum absolute atomic E-state index is 0.391. The van der Waals surface area contributed by atoms with Crippen molar-refractivity contribution >= 4 is 16.7 Å². The van der Waals surface area contributed by atoms with E-state index < -0.39 is 0 Å². The summed E-state index contributed by atoms with van der Waals surface area (Å²) in [6, 6.07) is 16.9. The van der Waals surface area contributed by atoms with Gasteiger partial charge in [0.25, 0.3) is 0 Å². The normalized spacial score (nSPS) is 17.4. The molecule has 2 heterocycles. The fraction of sp³-hybridized carbons (Fsp3) is 0.200. The van der Waals surface area contributed by atoms with E-state index in [1.165, 1.54) is 11.3 Å². The Morgan fingerprint density at radius 2 is 1.95 bits per heavy atom. The van der Waals surface area contributed by atoms with Crippen LogP contribution in [0.2, 0.25) is 0 Å². The molecule has 0 bridgehead atoms. The first-order valence-electron chi connectivity index (χ1n) is 6.53. The summed E-state index contributed by atoms with van der Waals surface area (Å²) in [7, 11) is 0. The fourth-order valence-corrected chi connectivity index (χ4v) is 2.75. The molecule has 3 aromatic rings. The number of para-hydroxylation sites is 2. The Hall–Kier alpha value is -2.36. The molecule has 1 unspecified atom stereocenters. The molecule has 0 radical (unpaired) electrons. The van der Waals surface area contributed by atoms with Gasteiger partial charge >= 0.3 is 0 Å². The Labute approximate surface area is 111 Å². The monoisotopic (exact) mass is 250 g/mol. The van der Waals surface area contributed by atoms with Crippen molar-refractivity contribution in [1.29, 1.82) is 0 Å². The van der Waals surface area contributed by atoms with Crippen molar-refractivity contribution in [1.82, 2.24) is 15.0 Å². The molecule has 4 rings (SSSR count). The molecule has 1 aliphatic rings. The van der Waals surface area contributed by atoms with Gasteiger partial charge < -0.3 is 5.32 Å². The third-order valence-electron chi connectivity index (χ3n) is 3.66. The maximum Gasteiger partial charge on any atom is 0.113 e. The molecule has 0 spiro atoms. The molecular weight excluding hydrogens is 236 g/mol. The first-order valence-corrected chi connectivity index (χ1v) is 6.53. The summed E-state index contributed by atoms with van der Waals surface area (Å²) >= 11 is 0. The van der Waals surface area contributed by atoms with E-state index >= 15 is 0 Å². The highest BCUT2D eigenvalue weighted by atomic mass is 15.4. The maximum atomic E-state index is 4.25. The summed E-state index contributed by atoms with van der Waals surface area (Å²) < 4.78 is 1.98. The number of benzene rings is 2. The molecule has 94 valence electrons. The molecule has 0 fully saturated rings. The van der Waals surface area contributed by atoms with Crippen molar-refractivity contribution in [2.45, 2.75) is 19.0 Å². The molecular formula is C15H14N4. The number of fused-ring (bicyclic) bond motifs is 2. The minimum atomic E-state index is 0.391. The highest BCUT2D eigenvalue weighted by molar-refractivity contribution is 5.73. The lowest BCUT2D eigenvalue weighted by molar-refractivity contribution is 0.542. The number of hydrogen-bond acceptors (Lipinski definition) is 3. The average molecular weight is 250 g/mol. The number of anilines is 1. The SMILES string of the molecule is c1ccc2c(c1)CC(Cn1nnc3ccccc31)N2. The Morgan fingerprint density at radius 1 is 1.11 bits per heavy atom. The zero-order chi connectivity index (χ0) is 12.7. The number of rotatable bonds is 2. The summed E-state index contributed by atoms with van der Waals surface area (Å²) in [6.07, 6.45) is 1.05. The van der Waals surface area contributed by atoms with Crippen molar-refractivity contribution in [2.75, 3.05) is 5.32 Å². The van der Waals surface area contributed by atoms with Crippen molar-refractivity contribution in [3.8, 4) is 0 Å². The molecule has 1 aromatic heterocycles. The highest BCUT2D eigenvalue weighted by Gasteiger charge is 2.21. The molecule has 1 N–H and O–H groups in total. The van der Waals surface area contributed by atoms with Gasteiger partial charge in [-0.1, -0.05) is 35.5 Å². The van der Waals surface area contributed by atoms with Gasteiger partial charge in [0.05, 0.1) is 12.1 Å². The van der Waals surface area contributed by atoms with E-state index in [-0.39, 0.29) is 0 Å². The second-order valence-electron chi connectivity index (χ2n) is 4.96. The number of nitrogens with one attached hydrogen (secondary N) is 1. The van der Waals surface area contributed by atoms with Crippen LogP contribution < -0.4 is 5.32 Å². The van der Waals surface area contributed by atoms with Crippen LogP contribution in [0.3, 0.4) is 0 Å². The quantitative estimate of drug-likeness (QED) is 0.759. The maximum absolute atomic E-state index is 4.25. The molecule has 0 aliphatic carbocycles. The number of hydrogen-bond donors (Lipinski definition) is 1. The fourth-order valence-electron chi connectivity index (χ4n) is 2.75. The molecule has 1 atom stereocenters. The average Bonchev–Trinajstić information content (AvgIpc) is 3.03. The van der Waals surface area contributed by atoms with Crippen LogP contribution in [0.25, 0.3) is 11.0 Å². The molecule has 0 amide bonds. The van der Waals surface area contributed by atoms with Crippen LogP contribution in [0.4, 0.5) is 5.69 Å². The van der Waals surface area contributed by atoms with E-state index in [9.17, 15) is 0 Å². The Morgan fingerprint density at radius 3 is 2.89 bits per heavy atom. The van der Waals surface area contributed by atoms with Crippen molar-refractivity contribution in [3.05, 3.63) is 54.1 Å². The van der Waals surface area contributed by atoms with Crippen LogP contribution in [-0.2, 0) is 13.0 Å².